The van der Waals surface area contributed by atoms with E-state index in [4.69, 9.17) is 11.5 Å². The van der Waals surface area contributed by atoms with Crippen molar-refractivity contribution in [1.29, 1.82) is 0 Å². The zero-order chi connectivity index (χ0) is 9.30. The minimum absolute atomic E-state index is 0.0499. The van der Waals surface area contributed by atoms with Gasteiger partial charge in [0.2, 0.25) is 5.95 Å². The van der Waals surface area contributed by atoms with Gasteiger partial charge in [0.15, 0.2) is 0 Å². The fourth-order valence-electron chi connectivity index (χ4n) is 0.802. The summed E-state index contributed by atoms with van der Waals surface area (Å²) < 4.78 is 12.7. The molecule has 0 fully saturated rings. The SMILES string of the molecule is Cc1cc(C(N)=O)c(N)nc1F. The van der Waals surface area contributed by atoms with Crippen LogP contribution in [0.3, 0.4) is 0 Å². The van der Waals surface area contributed by atoms with Crippen LogP contribution in [0, 0.1) is 12.9 Å². The van der Waals surface area contributed by atoms with Gasteiger partial charge < -0.3 is 11.5 Å². The van der Waals surface area contributed by atoms with Crippen molar-refractivity contribution in [2.45, 2.75) is 6.92 Å². The molecule has 1 aromatic heterocycles. The number of nitrogen functional groups attached to an aromatic ring is 1. The number of carbonyl (C=O) groups is 1. The van der Waals surface area contributed by atoms with E-state index in [1.807, 2.05) is 0 Å². The molecular weight excluding hydrogens is 161 g/mol. The van der Waals surface area contributed by atoms with Crippen LogP contribution in [0.2, 0.25) is 0 Å². The minimum atomic E-state index is -0.705. The third-order valence-electron chi connectivity index (χ3n) is 1.45. The summed E-state index contributed by atoms with van der Waals surface area (Å²) in [6, 6.07) is 1.28. The molecule has 4 N–H and O–H groups in total. The molecule has 4 nitrogen and oxygen atoms in total. The van der Waals surface area contributed by atoms with E-state index in [9.17, 15) is 9.18 Å². The van der Waals surface area contributed by atoms with E-state index in [-0.39, 0.29) is 16.9 Å². The van der Waals surface area contributed by atoms with Gasteiger partial charge in [0, 0.05) is 5.56 Å². The van der Waals surface area contributed by atoms with Crippen molar-refractivity contribution in [3.63, 3.8) is 0 Å². The van der Waals surface area contributed by atoms with Gasteiger partial charge in [-0.3, -0.25) is 4.79 Å². The standard InChI is InChI=1S/C7H8FN3O/c1-3-2-4(7(10)12)6(9)11-5(3)8/h2H,1H3,(H2,9,11)(H2,10,12). The molecule has 0 aliphatic carbocycles. The van der Waals surface area contributed by atoms with Crippen molar-refractivity contribution in [2.24, 2.45) is 5.73 Å². The number of amides is 1. The molecular formula is C7H8FN3O. The lowest BCUT2D eigenvalue weighted by Crippen LogP contribution is -2.15. The van der Waals surface area contributed by atoms with Crippen LogP contribution in [0.25, 0.3) is 0 Å². The number of nitrogens with two attached hydrogens (primary N) is 2. The molecule has 0 aliphatic rings. The van der Waals surface area contributed by atoms with E-state index in [2.05, 4.69) is 4.98 Å². The smallest absolute Gasteiger partial charge is 0.252 e. The second kappa shape index (κ2) is 2.77. The highest BCUT2D eigenvalue weighted by Crippen LogP contribution is 2.12. The summed E-state index contributed by atoms with van der Waals surface area (Å²) >= 11 is 0. The predicted octanol–water partition coefficient (Wildman–Crippen LogP) is 0.210. The van der Waals surface area contributed by atoms with Crippen LogP contribution in [-0.2, 0) is 0 Å². The molecule has 0 saturated carbocycles. The summed E-state index contributed by atoms with van der Waals surface area (Å²) in [4.78, 5) is 14.0. The Hall–Kier alpha value is -1.65. The number of carbonyl (C=O) groups excluding carboxylic acids is 1. The first-order chi connectivity index (χ1) is 5.52. The van der Waals surface area contributed by atoms with Crippen molar-refractivity contribution in [3.05, 3.63) is 23.1 Å². The Morgan fingerprint density at radius 1 is 1.67 bits per heavy atom. The first kappa shape index (κ1) is 8.45. The zero-order valence-electron chi connectivity index (χ0n) is 6.47. The van der Waals surface area contributed by atoms with E-state index in [1.165, 1.54) is 13.0 Å². The maximum atomic E-state index is 12.7. The summed E-state index contributed by atoms with van der Waals surface area (Å²) in [5.41, 5.74) is 10.5. The second-order valence-corrected chi connectivity index (χ2v) is 2.39. The van der Waals surface area contributed by atoms with Gasteiger partial charge in [-0.1, -0.05) is 0 Å². The first-order valence-electron chi connectivity index (χ1n) is 3.25. The van der Waals surface area contributed by atoms with Gasteiger partial charge in [-0.15, -0.1) is 0 Å². The molecule has 1 rings (SSSR count). The van der Waals surface area contributed by atoms with E-state index >= 15 is 0 Å². The van der Waals surface area contributed by atoms with Crippen LogP contribution in [-0.4, -0.2) is 10.9 Å². The number of primary amides is 1. The predicted molar refractivity (Wildman–Crippen MR) is 41.9 cm³/mol. The average Bonchev–Trinajstić information content (AvgIpc) is 1.96. The lowest BCUT2D eigenvalue weighted by Gasteiger charge is -2.02. The normalized spacial score (nSPS) is 9.83. The maximum Gasteiger partial charge on any atom is 0.252 e. The summed E-state index contributed by atoms with van der Waals surface area (Å²) in [5.74, 6) is -1.56. The highest BCUT2D eigenvalue weighted by Gasteiger charge is 2.10. The number of aryl methyl sites for hydroxylation is 1. The van der Waals surface area contributed by atoms with Crippen molar-refractivity contribution in [3.8, 4) is 0 Å². The van der Waals surface area contributed by atoms with Crippen LogP contribution in [0.15, 0.2) is 6.07 Å². The molecule has 1 heterocycles. The van der Waals surface area contributed by atoms with Crippen LogP contribution in [0.5, 0.6) is 0 Å². The number of pyridine rings is 1. The topological polar surface area (TPSA) is 82.0 Å². The molecule has 0 aliphatic heterocycles. The van der Waals surface area contributed by atoms with Crippen LogP contribution >= 0.6 is 0 Å². The molecule has 0 radical (unpaired) electrons. The molecule has 5 heteroatoms. The highest BCUT2D eigenvalue weighted by atomic mass is 19.1. The van der Waals surface area contributed by atoms with Crippen molar-refractivity contribution < 1.29 is 9.18 Å². The molecule has 0 bridgehead atoms. The molecule has 1 aromatic rings. The largest absolute Gasteiger partial charge is 0.383 e. The van der Waals surface area contributed by atoms with Gasteiger partial charge in [-0.2, -0.15) is 4.39 Å². The number of nitrogens with zero attached hydrogens (tertiary/aromatic N) is 1. The highest BCUT2D eigenvalue weighted by molar-refractivity contribution is 5.97. The van der Waals surface area contributed by atoms with Crippen molar-refractivity contribution in [2.75, 3.05) is 5.73 Å². The van der Waals surface area contributed by atoms with E-state index < -0.39 is 11.9 Å². The summed E-state index contributed by atoms with van der Waals surface area (Å²) in [5, 5.41) is 0. The first-order valence-corrected chi connectivity index (χ1v) is 3.25. The average molecular weight is 169 g/mol. The number of hydrogen-bond donors (Lipinski definition) is 2. The molecule has 64 valence electrons. The van der Waals surface area contributed by atoms with Gasteiger partial charge in [-0.25, -0.2) is 4.98 Å². The number of aromatic nitrogens is 1. The molecule has 0 saturated heterocycles. The quantitative estimate of drug-likeness (QED) is 0.589. The Labute approximate surface area is 68.4 Å². The molecule has 0 aromatic carbocycles. The third-order valence-corrected chi connectivity index (χ3v) is 1.45. The Morgan fingerprint density at radius 3 is 2.75 bits per heavy atom. The Bertz CT molecular complexity index is 338. The number of rotatable bonds is 1. The van der Waals surface area contributed by atoms with Crippen LogP contribution in [0.4, 0.5) is 10.2 Å². The van der Waals surface area contributed by atoms with E-state index in [0.29, 0.717) is 0 Å². The number of halogens is 1. The molecule has 12 heavy (non-hydrogen) atoms. The van der Waals surface area contributed by atoms with Crippen molar-refractivity contribution >= 4 is 11.7 Å². The van der Waals surface area contributed by atoms with Gasteiger partial charge in [0.05, 0.1) is 5.56 Å². The lowest BCUT2D eigenvalue weighted by molar-refractivity contribution is 0.100. The Balaban J connectivity index is 3.33. The number of anilines is 1. The maximum absolute atomic E-state index is 12.7. The molecule has 0 atom stereocenters. The summed E-state index contributed by atoms with van der Waals surface area (Å²) in [6.07, 6.45) is 0. The Kier molecular flexibility index (Phi) is 1.95. The second-order valence-electron chi connectivity index (χ2n) is 2.39. The fraction of sp³-hybridized carbons (Fsp3) is 0.143. The van der Waals surface area contributed by atoms with Crippen LogP contribution in [0.1, 0.15) is 15.9 Å². The van der Waals surface area contributed by atoms with Gasteiger partial charge >= 0.3 is 0 Å². The minimum Gasteiger partial charge on any atom is -0.383 e. The van der Waals surface area contributed by atoms with E-state index in [1.54, 1.807) is 0 Å². The molecule has 1 amide bonds. The van der Waals surface area contributed by atoms with Gasteiger partial charge in [0.25, 0.3) is 5.91 Å². The van der Waals surface area contributed by atoms with E-state index in [0.717, 1.165) is 0 Å². The van der Waals surface area contributed by atoms with Gasteiger partial charge in [0.1, 0.15) is 5.82 Å². The zero-order valence-corrected chi connectivity index (χ0v) is 6.47. The monoisotopic (exact) mass is 169 g/mol. The summed E-state index contributed by atoms with van der Waals surface area (Å²) in [6.45, 7) is 1.48. The summed E-state index contributed by atoms with van der Waals surface area (Å²) in [7, 11) is 0. The van der Waals surface area contributed by atoms with Crippen molar-refractivity contribution in [1.82, 2.24) is 4.98 Å². The van der Waals surface area contributed by atoms with Crippen LogP contribution < -0.4 is 11.5 Å². The van der Waals surface area contributed by atoms with Gasteiger partial charge in [-0.05, 0) is 13.0 Å². The fourth-order valence-corrected chi connectivity index (χ4v) is 0.802. The lowest BCUT2D eigenvalue weighted by atomic mass is 10.2. The third kappa shape index (κ3) is 1.34. The molecule has 0 spiro atoms. The number of hydrogen-bond acceptors (Lipinski definition) is 3. The Morgan fingerprint density at radius 2 is 2.25 bits per heavy atom. The molecule has 0 unspecified atom stereocenters.